The first kappa shape index (κ1) is 11.8. The average molecular weight is 245 g/mol. The molecule has 2 heterocycles. The van der Waals surface area contributed by atoms with Crippen molar-refractivity contribution in [2.75, 3.05) is 36.4 Å². The molecule has 0 unspecified atom stereocenters. The minimum atomic E-state index is 0.639. The Hall–Kier alpha value is -1.22. The largest absolute Gasteiger partial charge is 0.382 e. The van der Waals surface area contributed by atoms with Crippen LogP contribution in [0, 0.1) is 0 Å². The molecule has 0 aliphatic carbocycles. The molecule has 2 aliphatic heterocycles. The van der Waals surface area contributed by atoms with Crippen molar-refractivity contribution in [2.24, 2.45) is 0 Å². The zero-order valence-electron chi connectivity index (χ0n) is 11.0. The van der Waals surface area contributed by atoms with E-state index in [1.165, 1.54) is 50.1 Å². The van der Waals surface area contributed by atoms with Gasteiger partial charge in [-0.15, -0.1) is 0 Å². The molecule has 1 aromatic rings. The van der Waals surface area contributed by atoms with E-state index in [0.717, 1.165) is 13.1 Å². The van der Waals surface area contributed by atoms with E-state index in [1.807, 2.05) is 0 Å². The van der Waals surface area contributed by atoms with Gasteiger partial charge in [-0.3, -0.25) is 0 Å². The summed E-state index contributed by atoms with van der Waals surface area (Å²) in [6, 6.07) is 9.56. The second-order valence-corrected chi connectivity index (χ2v) is 5.41. The highest BCUT2D eigenvalue weighted by Crippen LogP contribution is 2.24. The van der Waals surface area contributed by atoms with Crippen molar-refractivity contribution in [2.45, 2.75) is 31.7 Å². The molecular weight excluding hydrogens is 222 g/mol. The van der Waals surface area contributed by atoms with Crippen LogP contribution in [0.3, 0.4) is 0 Å². The molecule has 0 spiro atoms. The molecule has 3 rings (SSSR count). The molecular formula is C15H23N3. The number of piperidine rings is 1. The summed E-state index contributed by atoms with van der Waals surface area (Å²) in [7, 11) is 0. The molecule has 0 amide bonds. The van der Waals surface area contributed by atoms with Crippen molar-refractivity contribution >= 4 is 11.4 Å². The predicted molar refractivity (Wildman–Crippen MR) is 77.4 cm³/mol. The molecule has 2 aliphatic rings. The van der Waals surface area contributed by atoms with Gasteiger partial charge in [-0.25, -0.2) is 0 Å². The van der Waals surface area contributed by atoms with Gasteiger partial charge in [0.2, 0.25) is 0 Å². The van der Waals surface area contributed by atoms with Crippen LogP contribution < -0.4 is 15.5 Å². The molecule has 3 nitrogen and oxygen atoms in total. The fourth-order valence-electron chi connectivity index (χ4n) is 2.97. The summed E-state index contributed by atoms with van der Waals surface area (Å²) in [6.07, 6.45) is 5.14. The molecule has 18 heavy (non-hydrogen) atoms. The van der Waals surface area contributed by atoms with Crippen molar-refractivity contribution in [1.82, 2.24) is 5.32 Å². The normalized spacial score (nSPS) is 21.2. The van der Waals surface area contributed by atoms with E-state index in [0.29, 0.717) is 6.04 Å². The number of hydrogen-bond donors (Lipinski definition) is 2. The molecule has 3 heteroatoms. The van der Waals surface area contributed by atoms with Crippen LogP contribution in [0.5, 0.6) is 0 Å². The summed E-state index contributed by atoms with van der Waals surface area (Å²) < 4.78 is 0. The van der Waals surface area contributed by atoms with Crippen LogP contribution in [0.15, 0.2) is 24.3 Å². The summed E-state index contributed by atoms with van der Waals surface area (Å²) in [6.45, 7) is 4.72. The molecule has 0 bridgehead atoms. The van der Waals surface area contributed by atoms with E-state index >= 15 is 0 Å². The first-order valence-electron chi connectivity index (χ1n) is 7.24. The number of benzene rings is 1. The van der Waals surface area contributed by atoms with E-state index in [4.69, 9.17) is 0 Å². The minimum absolute atomic E-state index is 0.639. The van der Waals surface area contributed by atoms with Gasteiger partial charge in [0, 0.05) is 30.5 Å². The summed E-state index contributed by atoms with van der Waals surface area (Å²) >= 11 is 0. The van der Waals surface area contributed by atoms with Gasteiger partial charge in [0.1, 0.15) is 0 Å². The molecule has 2 saturated heterocycles. The topological polar surface area (TPSA) is 27.3 Å². The maximum atomic E-state index is 3.68. The Kier molecular flexibility index (Phi) is 3.69. The summed E-state index contributed by atoms with van der Waals surface area (Å²) in [4.78, 5) is 2.49. The Morgan fingerprint density at radius 2 is 1.89 bits per heavy atom. The molecule has 1 aromatic carbocycles. The first-order valence-corrected chi connectivity index (χ1v) is 7.24. The monoisotopic (exact) mass is 245 g/mol. The maximum absolute atomic E-state index is 3.68. The number of hydrogen-bond acceptors (Lipinski definition) is 3. The van der Waals surface area contributed by atoms with Gasteiger partial charge in [-0.1, -0.05) is 6.07 Å². The third-order valence-electron chi connectivity index (χ3n) is 4.03. The molecule has 0 aromatic heterocycles. The molecule has 0 saturated carbocycles. The number of rotatable bonds is 3. The first-order chi connectivity index (χ1) is 8.92. The Balaban J connectivity index is 1.66. The van der Waals surface area contributed by atoms with Crippen LogP contribution >= 0.6 is 0 Å². The van der Waals surface area contributed by atoms with Crippen LogP contribution in [0.4, 0.5) is 11.4 Å². The SMILES string of the molecule is c1cc(NC2CCNCC2)cc(N2CCCC2)c1. The molecule has 0 radical (unpaired) electrons. The van der Waals surface area contributed by atoms with Gasteiger partial charge >= 0.3 is 0 Å². The van der Waals surface area contributed by atoms with Crippen molar-refractivity contribution in [3.63, 3.8) is 0 Å². The van der Waals surface area contributed by atoms with Gasteiger partial charge in [0.25, 0.3) is 0 Å². The third-order valence-corrected chi connectivity index (χ3v) is 4.03. The molecule has 0 atom stereocenters. The quantitative estimate of drug-likeness (QED) is 0.856. The lowest BCUT2D eigenvalue weighted by Gasteiger charge is -2.25. The lowest BCUT2D eigenvalue weighted by molar-refractivity contribution is 0.479. The van der Waals surface area contributed by atoms with Gasteiger partial charge in [0.05, 0.1) is 0 Å². The molecule has 2 fully saturated rings. The molecule has 98 valence electrons. The van der Waals surface area contributed by atoms with Crippen LogP contribution in [0.25, 0.3) is 0 Å². The fourth-order valence-corrected chi connectivity index (χ4v) is 2.97. The minimum Gasteiger partial charge on any atom is -0.382 e. The van der Waals surface area contributed by atoms with E-state index in [2.05, 4.69) is 39.8 Å². The van der Waals surface area contributed by atoms with Crippen molar-refractivity contribution < 1.29 is 0 Å². The predicted octanol–water partition coefficient (Wildman–Crippen LogP) is 2.45. The second-order valence-electron chi connectivity index (χ2n) is 5.41. The Morgan fingerprint density at radius 3 is 2.67 bits per heavy atom. The Labute approximate surface area is 110 Å². The van der Waals surface area contributed by atoms with E-state index in [1.54, 1.807) is 0 Å². The van der Waals surface area contributed by atoms with Crippen LogP contribution in [0.1, 0.15) is 25.7 Å². The summed E-state index contributed by atoms with van der Waals surface area (Å²) in [5.41, 5.74) is 2.66. The lowest BCUT2D eigenvalue weighted by atomic mass is 10.1. The second kappa shape index (κ2) is 5.61. The van der Waals surface area contributed by atoms with Gasteiger partial charge < -0.3 is 15.5 Å². The smallest absolute Gasteiger partial charge is 0.0386 e. The van der Waals surface area contributed by atoms with E-state index in [-0.39, 0.29) is 0 Å². The van der Waals surface area contributed by atoms with Crippen molar-refractivity contribution in [1.29, 1.82) is 0 Å². The Bertz CT molecular complexity index is 379. The summed E-state index contributed by atoms with van der Waals surface area (Å²) in [5, 5.41) is 7.09. The Morgan fingerprint density at radius 1 is 1.11 bits per heavy atom. The van der Waals surface area contributed by atoms with E-state index < -0.39 is 0 Å². The average Bonchev–Trinajstić information content (AvgIpc) is 2.94. The highest BCUT2D eigenvalue weighted by molar-refractivity contribution is 5.58. The van der Waals surface area contributed by atoms with Gasteiger partial charge in [-0.2, -0.15) is 0 Å². The van der Waals surface area contributed by atoms with E-state index in [9.17, 15) is 0 Å². The fraction of sp³-hybridized carbons (Fsp3) is 0.600. The zero-order valence-corrected chi connectivity index (χ0v) is 11.0. The number of nitrogens with zero attached hydrogens (tertiary/aromatic N) is 1. The molecule has 2 N–H and O–H groups in total. The standard InChI is InChI=1S/C15H23N3/c1-2-11-18(10-1)15-5-3-4-14(12-15)17-13-6-8-16-9-7-13/h3-5,12-13,16-17H,1-2,6-11H2. The van der Waals surface area contributed by atoms with Gasteiger partial charge in [0.15, 0.2) is 0 Å². The van der Waals surface area contributed by atoms with Crippen LogP contribution in [0.2, 0.25) is 0 Å². The van der Waals surface area contributed by atoms with Gasteiger partial charge in [-0.05, 0) is 57.0 Å². The highest BCUT2D eigenvalue weighted by Gasteiger charge is 2.15. The summed E-state index contributed by atoms with van der Waals surface area (Å²) in [5.74, 6) is 0. The highest BCUT2D eigenvalue weighted by atomic mass is 15.1. The lowest BCUT2D eigenvalue weighted by Crippen LogP contribution is -2.35. The number of anilines is 2. The maximum Gasteiger partial charge on any atom is 0.0386 e. The van der Waals surface area contributed by atoms with Crippen LogP contribution in [-0.2, 0) is 0 Å². The van der Waals surface area contributed by atoms with Crippen molar-refractivity contribution in [3.05, 3.63) is 24.3 Å². The van der Waals surface area contributed by atoms with Crippen LogP contribution in [-0.4, -0.2) is 32.2 Å². The van der Waals surface area contributed by atoms with Crippen molar-refractivity contribution in [3.8, 4) is 0 Å². The number of nitrogens with one attached hydrogen (secondary N) is 2. The zero-order chi connectivity index (χ0) is 12.2. The third kappa shape index (κ3) is 2.78.